The van der Waals surface area contributed by atoms with Gasteiger partial charge < -0.3 is 4.74 Å². The van der Waals surface area contributed by atoms with Gasteiger partial charge in [0, 0.05) is 0 Å². The van der Waals surface area contributed by atoms with E-state index < -0.39 is 23.7 Å². The minimum Gasteiger partial charge on any atom is -0.497 e. The fourth-order valence-corrected chi connectivity index (χ4v) is 1.42. The Morgan fingerprint density at radius 2 is 1.55 bits per heavy atom. The van der Waals surface area contributed by atoms with Gasteiger partial charge in [0.1, 0.15) is 11.3 Å². The van der Waals surface area contributed by atoms with Crippen LogP contribution in [0.15, 0.2) is 42.0 Å². The predicted molar refractivity (Wildman–Crippen MR) is 67.2 cm³/mol. The molecule has 0 aromatic heterocycles. The number of Topliss-reactive ketones (excluding diaryl/α,β-unsaturated/α-hetero) is 1. The molecular formula is C14H10F6O2. The van der Waals surface area contributed by atoms with Crippen LogP contribution in [0.5, 0.6) is 5.75 Å². The molecule has 0 spiro atoms. The summed E-state index contributed by atoms with van der Waals surface area (Å²) in [6.07, 6.45) is -9.02. The molecule has 1 aromatic carbocycles. The van der Waals surface area contributed by atoms with Gasteiger partial charge >= 0.3 is 12.4 Å². The molecule has 22 heavy (non-hydrogen) atoms. The molecule has 0 radical (unpaired) electrons. The average molecular weight is 324 g/mol. The Labute approximate surface area is 121 Å². The van der Waals surface area contributed by atoms with Gasteiger partial charge in [0.2, 0.25) is 0 Å². The number of carbonyl (C=O) groups is 1. The molecule has 0 saturated carbocycles. The molecule has 0 aliphatic carbocycles. The average Bonchev–Trinajstić information content (AvgIpc) is 2.41. The van der Waals surface area contributed by atoms with Gasteiger partial charge in [-0.3, -0.25) is 4.79 Å². The first-order chi connectivity index (χ1) is 10.1. The van der Waals surface area contributed by atoms with Crippen LogP contribution in [0, 0.1) is 0 Å². The van der Waals surface area contributed by atoms with E-state index >= 15 is 0 Å². The van der Waals surface area contributed by atoms with Gasteiger partial charge in [-0.2, -0.15) is 26.3 Å². The summed E-state index contributed by atoms with van der Waals surface area (Å²) in [6, 6.07) is 6.02. The Hall–Kier alpha value is -2.25. The molecule has 0 aliphatic heterocycles. The second-order valence-electron chi connectivity index (χ2n) is 4.04. The summed E-state index contributed by atoms with van der Waals surface area (Å²) in [5, 5.41) is 0. The third-order valence-corrected chi connectivity index (χ3v) is 2.47. The summed E-state index contributed by atoms with van der Waals surface area (Å²) in [6.45, 7) is 0. The van der Waals surface area contributed by atoms with Crippen LogP contribution in [0.4, 0.5) is 26.3 Å². The number of benzene rings is 1. The van der Waals surface area contributed by atoms with Crippen molar-refractivity contribution >= 4 is 11.9 Å². The van der Waals surface area contributed by atoms with Crippen molar-refractivity contribution in [2.75, 3.05) is 7.11 Å². The van der Waals surface area contributed by atoms with Gasteiger partial charge in [-0.1, -0.05) is 24.3 Å². The number of carbonyl (C=O) groups excluding carboxylic acids is 1. The largest absolute Gasteiger partial charge is 0.497 e. The summed E-state index contributed by atoms with van der Waals surface area (Å²) in [5.74, 6) is -2.42. The van der Waals surface area contributed by atoms with Crippen molar-refractivity contribution in [1.29, 1.82) is 0 Å². The van der Waals surface area contributed by atoms with Crippen molar-refractivity contribution in [2.24, 2.45) is 0 Å². The number of allylic oxidation sites excluding steroid dienone is 3. The molecule has 2 nitrogen and oxygen atoms in total. The second kappa shape index (κ2) is 6.67. The van der Waals surface area contributed by atoms with E-state index in [1.165, 1.54) is 31.4 Å². The predicted octanol–water partition coefficient (Wildman–Crippen LogP) is 4.33. The highest BCUT2D eigenvalue weighted by molar-refractivity contribution is 6.01. The highest BCUT2D eigenvalue weighted by atomic mass is 19.4. The molecule has 1 rings (SSSR count). The molecule has 0 heterocycles. The zero-order valence-corrected chi connectivity index (χ0v) is 11.1. The summed E-state index contributed by atoms with van der Waals surface area (Å²) in [4.78, 5) is 10.8. The van der Waals surface area contributed by atoms with E-state index in [9.17, 15) is 31.1 Å². The van der Waals surface area contributed by atoms with Crippen LogP contribution in [0.1, 0.15) is 5.56 Å². The number of hydrogen-bond donors (Lipinski definition) is 0. The van der Waals surface area contributed by atoms with Crippen molar-refractivity contribution in [3.05, 3.63) is 47.6 Å². The van der Waals surface area contributed by atoms with E-state index in [1.54, 1.807) is 0 Å². The van der Waals surface area contributed by atoms with Gasteiger partial charge in [0.15, 0.2) is 0 Å². The van der Waals surface area contributed by atoms with Crippen molar-refractivity contribution in [3.63, 3.8) is 0 Å². The minimum atomic E-state index is -5.59. The van der Waals surface area contributed by atoms with Gasteiger partial charge in [-0.15, -0.1) is 0 Å². The van der Waals surface area contributed by atoms with Crippen LogP contribution in [-0.2, 0) is 4.79 Å². The number of hydrogen-bond acceptors (Lipinski definition) is 2. The first-order valence-electron chi connectivity index (χ1n) is 5.77. The quantitative estimate of drug-likeness (QED) is 0.468. The molecule has 120 valence electrons. The number of alkyl halides is 6. The second-order valence-corrected chi connectivity index (χ2v) is 4.04. The first-order valence-corrected chi connectivity index (χ1v) is 5.77. The maximum absolute atomic E-state index is 12.5. The van der Waals surface area contributed by atoms with Gasteiger partial charge in [0.25, 0.3) is 5.78 Å². The zero-order valence-electron chi connectivity index (χ0n) is 11.1. The summed E-state index contributed by atoms with van der Waals surface area (Å²) in [7, 11) is 1.42. The van der Waals surface area contributed by atoms with Crippen LogP contribution in [0.2, 0.25) is 0 Å². The van der Waals surface area contributed by atoms with Gasteiger partial charge in [-0.05, 0) is 23.8 Å². The molecule has 0 unspecified atom stereocenters. The molecule has 0 saturated heterocycles. The lowest BCUT2D eigenvalue weighted by Crippen LogP contribution is -2.31. The fourth-order valence-electron chi connectivity index (χ4n) is 1.42. The Morgan fingerprint density at radius 3 is 1.95 bits per heavy atom. The molecular weight excluding hydrogens is 314 g/mol. The number of halogens is 6. The van der Waals surface area contributed by atoms with E-state index in [4.69, 9.17) is 4.74 Å². The topological polar surface area (TPSA) is 26.3 Å². The summed E-state index contributed by atoms with van der Waals surface area (Å²) < 4.78 is 78.7. The zero-order chi connectivity index (χ0) is 17.0. The lowest BCUT2D eigenvalue weighted by Gasteiger charge is -2.11. The van der Waals surface area contributed by atoms with Crippen LogP contribution >= 0.6 is 0 Å². The Bertz CT molecular complexity index is 579. The molecule has 0 atom stereocenters. The smallest absolute Gasteiger partial charge is 0.454 e. The third-order valence-electron chi connectivity index (χ3n) is 2.47. The highest BCUT2D eigenvalue weighted by Gasteiger charge is 2.50. The lowest BCUT2D eigenvalue weighted by atomic mass is 10.1. The van der Waals surface area contributed by atoms with Crippen molar-refractivity contribution < 1.29 is 35.9 Å². The summed E-state index contributed by atoms with van der Waals surface area (Å²) >= 11 is 0. The fraction of sp³-hybridized carbons (Fsp3) is 0.214. The van der Waals surface area contributed by atoms with Crippen molar-refractivity contribution in [2.45, 2.75) is 12.4 Å². The van der Waals surface area contributed by atoms with E-state index in [2.05, 4.69) is 0 Å². The van der Waals surface area contributed by atoms with E-state index in [0.717, 1.165) is 12.2 Å². The molecule has 0 amide bonds. The maximum atomic E-state index is 12.5. The molecule has 0 bridgehead atoms. The Kier molecular flexibility index (Phi) is 5.40. The van der Waals surface area contributed by atoms with Crippen LogP contribution < -0.4 is 4.74 Å². The standard InChI is InChI=1S/C14H10F6O2/c1-22-10-7-5-9(6-8-10)3-2-4-11(13(15,16)17)12(21)14(18,19)20/h2-8H,1H3/b3-2+,11-4-. The SMILES string of the molecule is COc1ccc(/C=C/C=C(/C(=O)C(F)(F)F)C(F)(F)F)cc1. The molecule has 1 aromatic rings. The number of ether oxygens (including phenoxy) is 1. The Balaban J connectivity index is 3.03. The minimum absolute atomic E-state index is 0.0973. The van der Waals surface area contributed by atoms with Gasteiger partial charge in [0.05, 0.1) is 7.11 Å². The number of methoxy groups -OCH3 is 1. The third kappa shape index (κ3) is 4.94. The molecule has 0 N–H and O–H groups in total. The lowest BCUT2D eigenvalue weighted by molar-refractivity contribution is -0.175. The van der Waals surface area contributed by atoms with Crippen LogP contribution in [-0.4, -0.2) is 25.2 Å². The highest BCUT2D eigenvalue weighted by Crippen LogP contribution is 2.32. The van der Waals surface area contributed by atoms with Crippen LogP contribution in [0.3, 0.4) is 0 Å². The van der Waals surface area contributed by atoms with Crippen LogP contribution in [0.25, 0.3) is 6.08 Å². The van der Waals surface area contributed by atoms with E-state index in [-0.39, 0.29) is 6.08 Å². The summed E-state index contributed by atoms with van der Waals surface area (Å²) in [5.41, 5.74) is -1.84. The van der Waals surface area contributed by atoms with Crippen molar-refractivity contribution in [3.8, 4) is 5.75 Å². The van der Waals surface area contributed by atoms with E-state index in [0.29, 0.717) is 11.3 Å². The molecule has 8 heteroatoms. The number of rotatable bonds is 4. The number of ketones is 1. The molecule has 0 aliphatic rings. The monoisotopic (exact) mass is 324 g/mol. The van der Waals surface area contributed by atoms with E-state index in [1.807, 2.05) is 0 Å². The van der Waals surface area contributed by atoms with Crippen molar-refractivity contribution in [1.82, 2.24) is 0 Å². The molecule has 0 fully saturated rings. The first kappa shape index (κ1) is 17.8. The Morgan fingerprint density at radius 1 is 1.00 bits per heavy atom. The van der Waals surface area contributed by atoms with Gasteiger partial charge in [-0.25, -0.2) is 0 Å². The normalized spacial score (nSPS) is 13.5. The maximum Gasteiger partial charge on any atom is 0.454 e.